The molecule has 0 fully saturated rings. The van der Waals surface area contributed by atoms with Crippen molar-refractivity contribution >= 4 is 0 Å². The van der Waals surface area contributed by atoms with Gasteiger partial charge in [0.2, 0.25) is 0 Å². The van der Waals surface area contributed by atoms with E-state index in [9.17, 15) is 0 Å². The van der Waals surface area contributed by atoms with E-state index < -0.39 is 0 Å². The Morgan fingerprint density at radius 2 is 2.13 bits per heavy atom. The van der Waals surface area contributed by atoms with Crippen LogP contribution in [0.2, 0.25) is 0 Å². The van der Waals surface area contributed by atoms with Crippen LogP contribution in [0, 0.1) is 0 Å². The average molecular weight is 202 g/mol. The van der Waals surface area contributed by atoms with Crippen LogP contribution in [0.15, 0.2) is 43.0 Å². The van der Waals surface area contributed by atoms with E-state index in [0.29, 0.717) is 0 Å². The van der Waals surface area contributed by atoms with E-state index in [1.54, 1.807) is 12.5 Å². The van der Waals surface area contributed by atoms with Gasteiger partial charge in [-0.15, -0.1) is 0 Å². The van der Waals surface area contributed by atoms with Crippen LogP contribution in [0.1, 0.15) is 12.0 Å². The van der Waals surface area contributed by atoms with Gasteiger partial charge in [-0.2, -0.15) is 0 Å². The molecule has 3 heteroatoms. The van der Waals surface area contributed by atoms with Crippen molar-refractivity contribution in [1.82, 2.24) is 9.55 Å². The molecule has 78 valence electrons. The molecule has 3 nitrogen and oxygen atoms in total. The van der Waals surface area contributed by atoms with E-state index in [2.05, 4.69) is 17.1 Å². The fourth-order valence-corrected chi connectivity index (χ4v) is 1.65. The van der Waals surface area contributed by atoms with Crippen molar-refractivity contribution in [2.75, 3.05) is 6.61 Å². The molecule has 0 aliphatic carbocycles. The monoisotopic (exact) mass is 202 g/mol. The summed E-state index contributed by atoms with van der Waals surface area (Å²) >= 11 is 0. The Hall–Kier alpha value is -1.61. The summed E-state index contributed by atoms with van der Waals surface area (Å²) in [5.41, 5.74) is 2.38. The van der Waals surface area contributed by atoms with Crippen LogP contribution in [0.5, 0.6) is 0 Å². The minimum absolute atomic E-state index is 0.234. The van der Waals surface area contributed by atoms with Gasteiger partial charge in [0.15, 0.2) is 0 Å². The van der Waals surface area contributed by atoms with Gasteiger partial charge in [-0.25, -0.2) is 4.98 Å². The van der Waals surface area contributed by atoms with Gasteiger partial charge >= 0.3 is 0 Å². The highest BCUT2D eigenvalue weighted by atomic mass is 16.2. The molecule has 0 amide bonds. The molecule has 15 heavy (non-hydrogen) atoms. The molecule has 1 aromatic heterocycles. The van der Waals surface area contributed by atoms with Crippen LogP contribution < -0.4 is 0 Å². The number of aliphatic hydroxyl groups is 1. The van der Waals surface area contributed by atoms with Crippen molar-refractivity contribution in [3.63, 3.8) is 0 Å². The number of aromatic nitrogens is 2. The molecule has 2 aromatic rings. The lowest BCUT2D eigenvalue weighted by Crippen LogP contribution is -1.98. The van der Waals surface area contributed by atoms with Crippen LogP contribution in [-0.2, 0) is 6.42 Å². The highest BCUT2D eigenvalue weighted by Gasteiger charge is 2.02. The lowest BCUT2D eigenvalue weighted by Gasteiger charge is -2.08. The molecule has 0 bridgehead atoms. The summed E-state index contributed by atoms with van der Waals surface area (Å²) in [6.07, 6.45) is 7.18. The summed E-state index contributed by atoms with van der Waals surface area (Å²) < 4.78 is 1.99. The molecule has 1 heterocycles. The molecular formula is C12H14N2O. The fourth-order valence-electron chi connectivity index (χ4n) is 1.65. The Labute approximate surface area is 89.0 Å². The Morgan fingerprint density at radius 1 is 1.27 bits per heavy atom. The molecule has 0 spiro atoms. The first-order valence-electron chi connectivity index (χ1n) is 5.09. The zero-order chi connectivity index (χ0) is 10.5. The number of benzene rings is 1. The van der Waals surface area contributed by atoms with Crippen LogP contribution in [0.4, 0.5) is 0 Å². The number of aryl methyl sites for hydroxylation is 1. The first-order valence-corrected chi connectivity index (χ1v) is 5.09. The van der Waals surface area contributed by atoms with E-state index in [1.165, 1.54) is 5.56 Å². The van der Waals surface area contributed by atoms with Gasteiger partial charge in [0.25, 0.3) is 0 Å². The lowest BCUT2D eigenvalue weighted by molar-refractivity contribution is 0.288. The van der Waals surface area contributed by atoms with Gasteiger partial charge in [0, 0.05) is 24.7 Å². The number of imidazole rings is 1. The summed E-state index contributed by atoms with van der Waals surface area (Å²) in [6.45, 7) is 0.234. The number of para-hydroxylation sites is 1. The molecule has 1 N–H and O–H groups in total. The number of rotatable bonds is 4. The minimum Gasteiger partial charge on any atom is -0.396 e. The second-order valence-corrected chi connectivity index (χ2v) is 3.43. The second kappa shape index (κ2) is 4.75. The van der Waals surface area contributed by atoms with Gasteiger partial charge in [-0.3, -0.25) is 0 Å². The summed E-state index contributed by atoms with van der Waals surface area (Å²) in [5, 5.41) is 8.83. The van der Waals surface area contributed by atoms with Crippen molar-refractivity contribution in [2.24, 2.45) is 0 Å². The third kappa shape index (κ3) is 2.25. The van der Waals surface area contributed by atoms with Crippen LogP contribution >= 0.6 is 0 Å². The van der Waals surface area contributed by atoms with Gasteiger partial charge in [0.1, 0.15) is 0 Å². The molecule has 1 aromatic carbocycles. The van der Waals surface area contributed by atoms with E-state index in [1.807, 2.05) is 22.9 Å². The summed E-state index contributed by atoms with van der Waals surface area (Å²) in [4.78, 5) is 4.03. The summed E-state index contributed by atoms with van der Waals surface area (Å²) in [5.74, 6) is 0. The largest absolute Gasteiger partial charge is 0.396 e. The Balaban J connectivity index is 2.30. The van der Waals surface area contributed by atoms with E-state index >= 15 is 0 Å². The van der Waals surface area contributed by atoms with Gasteiger partial charge in [-0.05, 0) is 24.5 Å². The normalized spacial score (nSPS) is 10.5. The zero-order valence-electron chi connectivity index (χ0n) is 8.50. The van der Waals surface area contributed by atoms with E-state index in [4.69, 9.17) is 5.11 Å². The summed E-state index contributed by atoms with van der Waals surface area (Å²) in [7, 11) is 0. The van der Waals surface area contributed by atoms with Crippen molar-refractivity contribution < 1.29 is 5.11 Å². The van der Waals surface area contributed by atoms with Crippen molar-refractivity contribution in [1.29, 1.82) is 0 Å². The zero-order valence-corrected chi connectivity index (χ0v) is 8.50. The molecular weight excluding hydrogens is 188 g/mol. The standard InChI is InChI=1S/C12H14N2O/c15-9-3-5-11-4-1-2-6-12(11)14-8-7-13-10-14/h1-2,4,6-8,10,15H,3,5,9H2. The number of aliphatic hydroxyl groups excluding tert-OH is 1. The van der Waals surface area contributed by atoms with E-state index in [-0.39, 0.29) is 6.61 Å². The van der Waals surface area contributed by atoms with Crippen LogP contribution in [0.25, 0.3) is 5.69 Å². The molecule has 0 saturated carbocycles. The number of nitrogens with zero attached hydrogens (tertiary/aromatic N) is 2. The second-order valence-electron chi connectivity index (χ2n) is 3.43. The Morgan fingerprint density at radius 3 is 2.87 bits per heavy atom. The maximum Gasteiger partial charge on any atom is 0.0991 e. The van der Waals surface area contributed by atoms with Gasteiger partial charge < -0.3 is 9.67 Å². The molecule has 0 saturated heterocycles. The van der Waals surface area contributed by atoms with Gasteiger partial charge in [-0.1, -0.05) is 18.2 Å². The van der Waals surface area contributed by atoms with Gasteiger partial charge in [0.05, 0.1) is 6.33 Å². The molecule has 0 atom stereocenters. The predicted octanol–water partition coefficient (Wildman–Crippen LogP) is 1.80. The number of hydrogen-bond donors (Lipinski definition) is 1. The third-order valence-corrected chi connectivity index (χ3v) is 2.38. The fraction of sp³-hybridized carbons (Fsp3) is 0.250. The highest BCUT2D eigenvalue weighted by Crippen LogP contribution is 2.15. The minimum atomic E-state index is 0.234. The Bertz CT molecular complexity index is 409. The van der Waals surface area contributed by atoms with E-state index in [0.717, 1.165) is 18.5 Å². The summed E-state index contributed by atoms with van der Waals surface area (Å²) in [6, 6.07) is 8.18. The van der Waals surface area contributed by atoms with Crippen LogP contribution in [-0.4, -0.2) is 21.3 Å². The van der Waals surface area contributed by atoms with Crippen LogP contribution in [0.3, 0.4) is 0 Å². The first-order chi connectivity index (χ1) is 7.42. The molecule has 0 unspecified atom stereocenters. The smallest absolute Gasteiger partial charge is 0.0991 e. The van der Waals surface area contributed by atoms with Crippen molar-refractivity contribution in [3.8, 4) is 5.69 Å². The lowest BCUT2D eigenvalue weighted by atomic mass is 10.1. The highest BCUT2D eigenvalue weighted by molar-refractivity contribution is 5.40. The SMILES string of the molecule is OCCCc1ccccc1-n1ccnc1. The molecule has 0 radical (unpaired) electrons. The first kappa shape index (κ1) is 9.93. The third-order valence-electron chi connectivity index (χ3n) is 2.38. The molecule has 0 aliphatic rings. The molecule has 2 rings (SSSR count). The maximum atomic E-state index is 8.83. The topological polar surface area (TPSA) is 38.0 Å². The molecule has 0 aliphatic heterocycles. The number of hydrogen-bond acceptors (Lipinski definition) is 2. The average Bonchev–Trinajstić information content (AvgIpc) is 2.80. The maximum absolute atomic E-state index is 8.83. The van der Waals surface area contributed by atoms with Crippen molar-refractivity contribution in [3.05, 3.63) is 48.5 Å². The Kier molecular flexibility index (Phi) is 3.15. The predicted molar refractivity (Wildman–Crippen MR) is 59.0 cm³/mol. The van der Waals surface area contributed by atoms with Crippen molar-refractivity contribution in [2.45, 2.75) is 12.8 Å². The quantitative estimate of drug-likeness (QED) is 0.821.